The van der Waals surface area contributed by atoms with Gasteiger partial charge in [-0.3, -0.25) is 0 Å². The number of hydrogen-bond donors (Lipinski definition) is 0. The van der Waals surface area contributed by atoms with Crippen LogP contribution < -0.4 is 0 Å². The van der Waals surface area contributed by atoms with Crippen LogP contribution in [-0.4, -0.2) is 31.1 Å². The molecule has 1 atom stereocenters. The highest BCUT2D eigenvalue weighted by molar-refractivity contribution is 5.61. The van der Waals surface area contributed by atoms with Crippen molar-refractivity contribution in [3.8, 4) is 11.4 Å². The van der Waals surface area contributed by atoms with Crippen LogP contribution in [0.1, 0.15) is 68.6 Å². The van der Waals surface area contributed by atoms with Crippen LogP contribution in [0.25, 0.3) is 11.4 Å². The van der Waals surface area contributed by atoms with E-state index in [1.165, 1.54) is 12.1 Å². The molecule has 3 fully saturated rings. The van der Waals surface area contributed by atoms with Crippen molar-refractivity contribution in [1.82, 2.24) is 24.9 Å². The fourth-order valence-corrected chi connectivity index (χ4v) is 5.74. The molecular weight excluding hydrogens is 488 g/mol. The molecule has 6 rings (SSSR count). The minimum atomic E-state index is -4.52. The molecule has 0 spiro atoms. The van der Waals surface area contributed by atoms with E-state index in [9.17, 15) is 26.3 Å². The molecule has 0 N–H and O–H groups in total. The second-order valence-electron chi connectivity index (χ2n) is 10.2. The smallest absolute Gasteiger partial charge is 0.339 e. The van der Waals surface area contributed by atoms with E-state index in [0.717, 1.165) is 13.0 Å². The minimum Gasteiger partial charge on any atom is -0.339 e. The van der Waals surface area contributed by atoms with Crippen molar-refractivity contribution in [2.24, 2.45) is 13.0 Å². The molecule has 12 heteroatoms. The third-order valence-corrected chi connectivity index (χ3v) is 8.05. The van der Waals surface area contributed by atoms with Crippen molar-refractivity contribution in [2.45, 2.75) is 75.1 Å². The Kier molecular flexibility index (Phi) is 5.71. The Morgan fingerprint density at radius 3 is 2.17 bits per heavy atom. The van der Waals surface area contributed by atoms with Crippen LogP contribution >= 0.6 is 0 Å². The first-order chi connectivity index (χ1) is 16.8. The number of hydrogen-bond acceptors (Lipinski definition) is 5. The van der Waals surface area contributed by atoms with E-state index in [4.69, 9.17) is 4.52 Å². The van der Waals surface area contributed by atoms with Crippen molar-refractivity contribution >= 4 is 0 Å². The van der Waals surface area contributed by atoms with Gasteiger partial charge in [0.15, 0.2) is 11.6 Å². The summed E-state index contributed by atoms with van der Waals surface area (Å²) < 4.78 is 86.3. The third-order valence-electron chi connectivity index (χ3n) is 8.05. The summed E-state index contributed by atoms with van der Waals surface area (Å²) in [5.74, 6) is -0.348. The molecule has 1 aromatic carbocycles. The standard InChI is InChI=1S/C24H25F6N5O/c1-14(23(25,26)27)13-17-31-19(34-36-17)21-7-10-22(11-8-21,12-9-21)20-33-32-18(35(20)2)15-5-3-4-6-16(15)24(28,29)30/h3-6,14H,7-13H2,1-2H3. The quantitative estimate of drug-likeness (QED) is 0.382. The highest BCUT2D eigenvalue weighted by Gasteiger charge is 2.54. The number of benzene rings is 1. The maximum atomic E-state index is 13.6. The zero-order valence-electron chi connectivity index (χ0n) is 19.7. The number of alkyl halides is 6. The van der Waals surface area contributed by atoms with Gasteiger partial charge in [-0.05, 0) is 44.6 Å². The molecule has 0 amide bonds. The van der Waals surface area contributed by atoms with Gasteiger partial charge in [0, 0.05) is 29.9 Å². The Hall–Kier alpha value is -2.92. The SMILES string of the molecule is CC(Cc1nc(C23CCC(c4nnc(-c5ccccc5C(F)(F)F)n4C)(CC2)CC3)no1)C(F)(F)F. The van der Waals surface area contributed by atoms with E-state index in [2.05, 4.69) is 20.3 Å². The first-order valence-electron chi connectivity index (χ1n) is 11.8. The van der Waals surface area contributed by atoms with E-state index in [1.807, 2.05) is 0 Å². The maximum Gasteiger partial charge on any atom is 0.417 e. The van der Waals surface area contributed by atoms with Gasteiger partial charge in [0.25, 0.3) is 0 Å². The van der Waals surface area contributed by atoms with E-state index in [-0.39, 0.29) is 34.5 Å². The summed E-state index contributed by atoms with van der Waals surface area (Å²) in [4.78, 5) is 4.33. The molecule has 194 valence electrons. The molecule has 2 aromatic heterocycles. The molecule has 3 aliphatic rings. The fraction of sp³-hybridized carbons (Fsp3) is 0.583. The van der Waals surface area contributed by atoms with Crippen molar-refractivity contribution in [1.29, 1.82) is 0 Å². The molecular formula is C24H25F6N5O. The lowest BCUT2D eigenvalue weighted by molar-refractivity contribution is -0.170. The van der Waals surface area contributed by atoms with E-state index in [0.29, 0.717) is 50.2 Å². The average molecular weight is 513 g/mol. The summed E-state index contributed by atoms with van der Waals surface area (Å²) >= 11 is 0. The zero-order valence-corrected chi connectivity index (χ0v) is 19.7. The molecule has 3 aromatic rings. The topological polar surface area (TPSA) is 69.6 Å². The van der Waals surface area contributed by atoms with Gasteiger partial charge in [-0.2, -0.15) is 31.3 Å². The minimum absolute atomic E-state index is 0.0176. The number of rotatable bonds is 5. The van der Waals surface area contributed by atoms with Crippen LogP contribution in [0.3, 0.4) is 0 Å². The van der Waals surface area contributed by atoms with Crippen LogP contribution in [0.2, 0.25) is 0 Å². The molecule has 36 heavy (non-hydrogen) atoms. The summed E-state index contributed by atoms with van der Waals surface area (Å²) in [6, 6.07) is 5.32. The highest BCUT2D eigenvalue weighted by Crippen LogP contribution is 2.58. The maximum absolute atomic E-state index is 13.6. The van der Waals surface area contributed by atoms with Crippen LogP contribution in [0.5, 0.6) is 0 Å². The molecule has 3 aliphatic carbocycles. The van der Waals surface area contributed by atoms with Gasteiger partial charge in [0.05, 0.1) is 11.5 Å². The monoisotopic (exact) mass is 513 g/mol. The average Bonchev–Trinajstić information content (AvgIpc) is 3.46. The number of fused-ring (bicyclic) bond motifs is 3. The Morgan fingerprint density at radius 2 is 1.56 bits per heavy atom. The Bertz CT molecular complexity index is 1240. The van der Waals surface area contributed by atoms with Crippen LogP contribution in [-0.2, 0) is 30.5 Å². The number of aromatic nitrogens is 5. The summed E-state index contributed by atoms with van der Waals surface area (Å²) in [5.41, 5.74) is -1.50. The van der Waals surface area contributed by atoms with Gasteiger partial charge in [-0.1, -0.05) is 30.3 Å². The number of halogens is 6. The van der Waals surface area contributed by atoms with Crippen molar-refractivity contribution in [2.75, 3.05) is 0 Å². The summed E-state index contributed by atoms with van der Waals surface area (Å²) in [5, 5.41) is 12.5. The predicted octanol–water partition coefficient (Wildman–Crippen LogP) is 6.17. The summed E-state index contributed by atoms with van der Waals surface area (Å²) in [7, 11) is 1.69. The molecule has 1 unspecified atom stereocenters. The first kappa shape index (κ1) is 24.8. The third kappa shape index (κ3) is 4.07. The lowest BCUT2D eigenvalue weighted by Gasteiger charge is -2.51. The Morgan fingerprint density at radius 1 is 0.944 bits per heavy atom. The largest absolute Gasteiger partial charge is 0.417 e. The van der Waals surface area contributed by atoms with E-state index < -0.39 is 23.8 Å². The lowest BCUT2D eigenvalue weighted by Crippen LogP contribution is -2.48. The fourth-order valence-electron chi connectivity index (χ4n) is 5.74. The second kappa shape index (κ2) is 8.31. The van der Waals surface area contributed by atoms with Gasteiger partial charge in [0.1, 0.15) is 5.82 Å². The number of nitrogens with zero attached hydrogens (tertiary/aromatic N) is 5. The Labute approximate surface area is 203 Å². The Balaban J connectivity index is 1.37. The van der Waals surface area contributed by atoms with Gasteiger partial charge in [0.2, 0.25) is 5.89 Å². The van der Waals surface area contributed by atoms with Crippen molar-refractivity contribution in [3.05, 3.63) is 47.4 Å². The van der Waals surface area contributed by atoms with Crippen LogP contribution in [0, 0.1) is 5.92 Å². The molecule has 0 aliphatic heterocycles. The van der Waals surface area contributed by atoms with Gasteiger partial charge < -0.3 is 9.09 Å². The van der Waals surface area contributed by atoms with Crippen molar-refractivity contribution in [3.63, 3.8) is 0 Å². The van der Waals surface area contributed by atoms with E-state index >= 15 is 0 Å². The van der Waals surface area contributed by atoms with Gasteiger partial charge in [-0.15, -0.1) is 10.2 Å². The first-order valence-corrected chi connectivity index (χ1v) is 11.8. The lowest BCUT2D eigenvalue weighted by atomic mass is 9.53. The second-order valence-corrected chi connectivity index (χ2v) is 10.2. The van der Waals surface area contributed by atoms with Crippen LogP contribution in [0.15, 0.2) is 28.8 Å². The molecule has 0 radical (unpaired) electrons. The summed E-state index contributed by atoms with van der Waals surface area (Å²) in [6.07, 6.45) is -5.08. The molecule has 3 saturated carbocycles. The predicted molar refractivity (Wildman–Crippen MR) is 116 cm³/mol. The molecule has 6 nitrogen and oxygen atoms in total. The highest BCUT2D eigenvalue weighted by atomic mass is 19.4. The van der Waals surface area contributed by atoms with Crippen LogP contribution in [0.4, 0.5) is 26.3 Å². The van der Waals surface area contributed by atoms with Gasteiger partial charge in [-0.25, -0.2) is 0 Å². The van der Waals surface area contributed by atoms with Crippen molar-refractivity contribution < 1.29 is 30.9 Å². The van der Waals surface area contributed by atoms with Gasteiger partial charge >= 0.3 is 12.4 Å². The molecule has 2 heterocycles. The summed E-state index contributed by atoms with van der Waals surface area (Å²) in [6.45, 7) is 1.08. The van der Waals surface area contributed by atoms with E-state index in [1.54, 1.807) is 17.7 Å². The molecule has 2 bridgehead atoms. The zero-order chi connectivity index (χ0) is 25.9. The molecule has 0 saturated heterocycles. The normalized spacial score (nSPS) is 25.3.